The van der Waals surface area contributed by atoms with E-state index in [9.17, 15) is 0 Å². The molecular formula is C23H26FN3O. The Hall–Kier alpha value is -2.37. The summed E-state index contributed by atoms with van der Waals surface area (Å²) in [5, 5.41) is 1.21. The average molecular weight is 379 g/mol. The molecule has 1 saturated heterocycles. The SMILES string of the molecule is CCN1Cc2c(ccc(N3CCOCC3)c2F)C(c2ccc3cc[nH]c3c2)C1. The molecule has 3 aromatic rings. The fraction of sp³-hybridized carbons (Fsp3) is 0.391. The van der Waals surface area contributed by atoms with E-state index in [1.807, 2.05) is 12.3 Å². The van der Waals surface area contributed by atoms with Crippen molar-refractivity contribution in [3.8, 4) is 0 Å². The number of fused-ring (bicyclic) bond motifs is 2. The fourth-order valence-corrected chi connectivity index (χ4v) is 4.61. The Morgan fingerprint density at radius 3 is 2.82 bits per heavy atom. The molecule has 5 rings (SSSR count). The summed E-state index contributed by atoms with van der Waals surface area (Å²) in [4.78, 5) is 7.77. The minimum Gasteiger partial charge on any atom is -0.378 e. The van der Waals surface area contributed by atoms with E-state index in [4.69, 9.17) is 4.74 Å². The highest BCUT2D eigenvalue weighted by Crippen LogP contribution is 2.38. The van der Waals surface area contributed by atoms with Gasteiger partial charge in [-0.1, -0.05) is 25.1 Å². The van der Waals surface area contributed by atoms with Crippen LogP contribution in [0.2, 0.25) is 0 Å². The molecule has 0 amide bonds. The lowest BCUT2D eigenvalue weighted by molar-refractivity contribution is 0.122. The van der Waals surface area contributed by atoms with Crippen LogP contribution in [0.1, 0.15) is 29.5 Å². The van der Waals surface area contributed by atoms with Crippen molar-refractivity contribution >= 4 is 16.6 Å². The number of aromatic nitrogens is 1. The summed E-state index contributed by atoms with van der Waals surface area (Å²) in [6, 6.07) is 12.8. The molecule has 1 fully saturated rings. The van der Waals surface area contributed by atoms with Crippen LogP contribution in [0.15, 0.2) is 42.6 Å². The van der Waals surface area contributed by atoms with Gasteiger partial charge in [0, 0.05) is 49.4 Å². The number of nitrogens with zero attached hydrogens (tertiary/aromatic N) is 2. The third-order valence-corrected chi connectivity index (χ3v) is 6.24. The zero-order valence-corrected chi connectivity index (χ0v) is 16.2. The fourth-order valence-electron chi connectivity index (χ4n) is 4.61. The number of hydrogen-bond donors (Lipinski definition) is 1. The number of likely N-dealkylation sites (N-methyl/N-ethyl adjacent to an activating group) is 1. The van der Waals surface area contributed by atoms with E-state index in [2.05, 4.69) is 52.0 Å². The molecule has 146 valence electrons. The molecule has 5 heteroatoms. The molecule has 2 aromatic carbocycles. The normalized spacial score (nSPS) is 20.5. The van der Waals surface area contributed by atoms with Crippen molar-refractivity contribution < 1.29 is 9.13 Å². The highest BCUT2D eigenvalue weighted by atomic mass is 19.1. The van der Waals surface area contributed by atoms with Crippen molar-refractivity contribution in [1.29, 1.82) is 0 Å². The molecule has 1 atom stereocenters. The minimum atomic E-state index is -0.0523. The summed E-state index contributed by atoms with van der Waals surface area (Å²) >= 11 is 0. The number of halogens is 1. The molecule has 28 heavy (non-hydrogen) atoms. The van der Waals surface area contributed by atoms with Crippen LogP contribution in [0.3, 0.4) is 0 Å². The predicted octanol–water partition coefficient (Wildman–Crippen LogP) is 4.11. The zero-order valence-electron chi connectivity index (χ0n) is 16.2. The van der Waals surface area contributed by atoms with Gasteiger partial charge < -0.3 is 14.6 Å². The number of anilines is 1. The van der Waals surface area contributed by atoms with Crippen LogP contribution in [0.25, 0.3) is 10.9 Å². The second-order valence-electron chi connectivity index (χ2n) is 7.77. The summed E-state index contributed by atoms with van der Waals surface area (Å²) in [5.74, 6) is 0.133. The first-order valence-corrected chi connectivity index (χ1v) is 10.2. The number of benzene rings is 2. The smallest absolute Gasteiger partial charge is 0.151 e. The molecule has 0 saturated carbocycles. The lowest BCUT2D eigenvalue weighted by atomic mass is 9.83. The van der Waals surface area contributed by atoms with Crippen LogP contribution >= 0.6 is 0 Å². The molecule has 0 radical (unpaired) electrons. The van der Waals surface area contributed by atoms with Crippen molar-refractivity contribution in [2.75, 3.05) is 44.3 Å². The quantitative estimate of drug-likeness (QED) is 0.743. The summed E-state index contributed by atoms with van der Waals surface area (Å²) in [6.07, 6.45) is 1.97. The topological polar surface area (TPSA) is 31.5 Å². The Morgan fingerprint density at radius 1 is 1.14 bits per heavy atom. The van der Waals surface area contributed by atoms with Crippen molar-refractivity contribution in [3.63, 3.8) is 0 Å². The van der Waals surface area contributed by atoms with E-state index in [0.717, 1.165) is 48.5 Å². The monoisotopic (exact) mass is 379 g/mol. The second-order valence-corrected chi connectivity index (χ2v) is 7.77. The van der Waals surface area contributed by atoms with Gasteiger partial charge in [0.1, 0.15) is 0 Å². The van der Waals surface area contributed by atoms with E-state index in [0.29, 0.717) is 19.8 Å². The van der Waals surface area contributed by atoms with Gasteiger partial charge in [0.2, 0.25) is 0 Å². The van der Waals surface area contributed by atoms with Crippen molar-refractivity contribution in [2.24, 2.45) is 0 Å². The van der Waals surface area contributed by atoms with Crippen molar-refractivity contribution in [2.45, 2.75) is 19.4 Å². The van der Waals surface area contributed by atoms with Crippen molar-refractivity contribution in [3.05, 3.63) is 65.1 Å². The zero-order chi connectivity index (χ0) is 19.1. The summed E-state index contributed by atoms with van der Waals surface area (Å²) < 4.78 is 21.1. The molecule has 1 aromatic heterocycles. The van der Waals surface area contributed by atoms with E-state index in [1.54, 1.807) is 0 Å². The standard InChI is InChI=1S/C23H26FN3O/c1-2-26-14-19(17-4-3-16-7-8-25-21(16)13-17)18-5-6-22(23(24)20(18)15-26)27-9-11-28-12-10-27/h3-8,13,19,25H,2,9-12,14-15H2,1H3. The third kappa shape index (κ3) is 2.99. The maximum Gasteiger partial charge on any atom is 0.151 e. The average Bonchev–Trinajstić information content (AvgIpc) is 3.22. The second kappa shape index (κ2) is 7.22. The van der Waals surface area contributed by atoms with Gasteiger partial charge in [-0.2, -0.15) is 0 Å². The van der Waals surface area contributed by atoms with Crippen molar-refractivity contribution in [1.82, 2.24) is 9.88 Å². The Morgan fingerprint density at radius 2 is 2.00 bits per heavy atom. The largest absolute Gasteiger partial charge is 0.378 e. The number of ether oxygens (including phenoxy) is 1. The van der Waals surface area contributed by atoms with Crippen LogP contribution in [-0.4, -0.2) is 49.3 Å². The van der Waals surface area contributed by atoms with Gasteiger partial charge in [-0.25, -0.2) is 4.39 Å². The number of aromatic amines is 1. The maximum atomic E-state index is 15.6. The van der Waals surface area contributed by atoms with E-state index >= 15 is 4.39 Å². The molecule has 0 aliphatic carbocycles. The first-order chi connectivity index (χ1) is 13.7. The third-order valence-electron chi connectivity index (χ3n) is 6.24. The molecule has 2 aliphatic heterocycles. The van der Waals surface area contributed by atoms with Gasteiger partial charge in [-0.05, 0) is 41.3 Å². The first kappa shape index (κ1) is 17.7. The Balaban J connectivity index is 1.58. The first-order valence-electron chi connectivity index (χ1n) is 10.2. The summed E-state index contributed by atoms with van der Waals surface area (Å²) in [5.41, 5.74) is 5.09. The Labute approximate surface area is 164 Å². The van der Waals surface area contributed by atoms with Crippen LogP contribution in [0.5, 0.6) is 0 Å². The van der Waals surface area contributed by atoms with Gasteiger partial charge in [0.25, 0.3) is 0 Å². The number of rotatable bonds is 3. The number of nitrogens with one attached hydrogen (secondary N) is 1. The highest BCUT2D eigenvalue weighted by molar-refractivity contribution is 5.80. The van der Waals surface area contributed by atoms with Crippen LogP contribution in [-0.2, 0) is 11.3 Å². The van der Waals surface area contributed by atoms with E-state index in [1.165, 1.54) is 10.9 Å². The lowest BCUT2D eigenvalue weighted by Crippen LogP contribution is -2.38. The predicted molar refractivity (Wildman–Crippen MR) is 111 cm³/mol. The van der Waals surface area contributed by atoms with Gasteiger partial charge in [0.15, 0.2) is 5.82 Å². The number of morpholine rings is 1. The van der Waals surface area contributed by atoms with Crippen LogP contribution in [0, 0.1) is 5.82 Å². The van der Waals surface area contributed by atoms with Gasteiger partial charge >= 0.3 is 0 Å². The van der Waals surface area contributed by atoms with Crippen LogP contribution < -0.4 is 4.90 Å². The van der Waals surface area contributed by atoms with Gasteiger partial charge in [0.05, 0.1) is 18.9 Å². The van der Waals surface area contributed by atoms with Crippen LogP contribution in [0.4, 0.5) is 10.1 Å². The lowest BCUT2D eigenvalue weighted by Gasteiger charge is -2.36. The number of hydrogen-bond acceptors (Lipinski definition) is 3. The molecule has 1 N–H and O–H groups in total. The molecule has 1 unspecified atom stereocenters. The van der Waals surface area contributed by atoms with Gasteiger partial charge in [-0.3, -0.25) is 4.90 Å². The summed E-state index contributed by atoms with van der Waals surface area (Å²) in [6.45, 7) is 7.50. The Bertz CT molecular complexity index is 993. The molecule has 3 heterocycles. The highest BCUT2D eigenvalue weighted by Gasteiger charge is 2.30. The van der Waals surface area contributed by atoms with E-state index < -0.39 is 0 Å². The minimum absolute atomic E-state index is 0.0523. The molecule has 0 bridgehead atoms. The molecule has 4 nitrogen and oxygen atoms in total. The molecule has 0 spiro atoms. The summed E-state index contributed by atoms with van der Waals surface area (Å²) in [7, 11) is 0. The van der Waals surface area contributed by atoms with E-state index in [-0.39, 0.29) is 11.7 Å². The van der Waals surface area contributed by atoms with Gasteiger partial charge in [-0.15, -0.1) is 0 Å². The molecular weight excluding hydrogens is 353 g/mol. The molecule has 2 aliphatic rings. The number of H-pyrrole nitrogens is 1. The Kier molecular flexibility index (Phi) is 4.57. The maximum absolute atomic E-state index is 15.6.